The van der Waals surface area contributed by atoms with E-state index in [-0.39, 0.29) is 11.6 Å². The minimum absolute atomic E-state index is 0.254. The van der Waals surface area contributed by atoms with Crippen LogP contribution in [0, 0.1) is 0 Å². The number of halogens is 1. The van der Waals surface area contributed by atoms with E-state index in [0.29, 0.717) is 28.8 Å². The fourth-order valence-electron chi connectivity index (χ4n) is 2.31. The number of hydrogen-bond acceptors (Lipinski definition) is 5. The molecular formula is C19H17ClN4O2. The summed E-state index contributed by atoms with van der Waals surface area (Å²) in [6, 6.07) is 16.3. The average molecular weight is 369 g/mol. The molecule has 7 heteroatoms. The molecule has 0 aliphatic rings. The predicted octanol–water partition coefficient (Wildman–Crippen LogP) is 4.00. The molecule has 1 aromatic heterocycles. The van der Waals surface area contributed by atoms with Crippen LogP contribution in [0.15, 0.2) is 60.9 Å². The van der Waals surface area contributed by atoms with Crippen molar-refractivity contribution < 1.29 is 9.53 Å². The van der Waals surface area contributed by atoms with Crippen molar-refractivity contribution >= 4 is 29.0 Å². The monoisotopic (exact) mass is 368 g/mol. The summed E-state index contributed by atoms with van der Waals surface area (Å²) in [6.45, 7) is 0.557. The van der Waals surface area contributed by atoms with E-state index in [2.05, 4.69) is 20.6 Å². The molecule has 1 amide bonds. The first kappa shape index (κ1) is 17.7. The minimum Gasteiger partial charge on any atom is -0.495 e. The molecule has 2 aromatic carbocycles. The first-order valence-electron chi connectivity index (χ1n) is 7.90. The zero-order valence-electron chi connectivity index (χ0n) is 14.1. The zero-order chi connectivity index (χ0) is 18.4. The fourth-order valence-corrected chi connectivity index (χ4v) is 2.43. The van der Waals surface area contributed by atoms with E-state index >= 15 is 0 Å². The molecule has 0 saturated heterocycles. The van der Waals surface area contributed by atoms with Gasteiger partial charge in [0.1, 0.15) is 23.6 Å². The summed E-state index contributed by atoms with van der Waals surface area (Å²) in [5.41, 5.74) is 1.88. The first-order chi connectivity index (χ1) is 12.7. The Morgan fingerprint density at radius 1 is 1.12 bits per heavy atom. The molecule has 132 valence electrons. The summed E-state index contributed by atoms with van der Waals surface area (Å²) in [7, 11) is 1.55. The van der Waals surface area contributed by atoms with Crippen LogP contribution in [0.5, 0.6) is 5.75 Å². The first-order valence-corrected chi connectivity index (χ1v) is 8.28. The van der Waals surface area contributed by atoms with Crippen molar-refractivity contribution in [2.75, 3.05) is 17.7 Å². The number of carbonyl (C=O) groups is 1. The molecule has 0 saturated carbocycles. The van der Waals surface area contributed by atoms with Crippen LogP contribution in [0.1, 0.15) is 16.1 Å². The van der Waals surface area contributed by atoms with Crippen molar-refractivity contribution in [3.8, 4) is 5.75 Å². The highest BCUT2D eigenvalue weighted by Crippen LogP contribution is 2.23. The van der Waals surface area contributed by atoms with Crippen LogP contribution < -0.4 is 15.4 Å². The fraction of sp³-hybridized carbons (Fsp3) is 0.105. The highest BCUT2D eigenvalue weighted by molar-refractivity contribution is 6.30. The topological polar surface area (TPSA) is 76.1 Å². The number of rotatable bonds is 6. The molecule has 0 radical (unpaired) electrons. The number of anilines is 2. The molecular weight excluding hydrogens is 352 g/mol. The van der Waals surface area contributed by atoms with Gasteiger partial charge in [0.15, 0.2) is 0 Å². The highest BCUT2D eigenvalue weighted by Gasteiger charge is 2.11. The molecule has 0 bridgehead atoms. The number of aromatic nitrogens is 2. The molecule has 3 rings (SSSR count). The Balaban J connectivity index is 1.68. The summed E-state index contributed by atoms with van der Waals surface area (Å²) in [6.07, 6.45) is 1.35. The van der Waals surface area contributed by atoms with E-state index in [1.165, 1.54) is 6.33 Å². The van der Waals surface area contributed by atoms with Gasteiger partial charge in [0, 0.05) is 17.6 Å². The van der Waals surface area contributed by atoms with Crippen molar-refractivity contribution in [2.24, 2.45) is 0 Å². The second kappa shape index (κ2) is 8.31. The van der Waals surface area contributed by atoms with E-state index < -0.39 is 0 Å². The van der Waals surface area contributed by atoms with Crippen LogP contribution in [-0.4, -0.2) is 23.0 Å². The minimum atomic E-state index is -0.341. The van der Waals surface area contributed by atoms with Crippen LogP contribution in [0.25, 0.3) is 0 Å². The van der Waals surface area contributed by atoms with Gasteiger partial charge in [0.2, 0.25) is 0 Å². The van der Waals surface area contributed by atoms with Gasteiger partial charge in [-0.1, -0.05) is 35.9 Å². The number of benzene rings is 2. The van der Waals surface area contributed by atoms with E-state index in [0.717, 1.165) is 5.56 Å². The second-order valence-corrected chi connectivity index (χ2v) is 5.86. The van der Waals surface area contributed by atoms with E-state index in [9.17, 15) is 4.79 Å². The normalized spacial score (nSPS) is 10.2. The van der Waals surface area contributed by atoms with Crippen LogP contribution in [0.3, 0.4) is 0 Å². The van der Waals surface area contributed by atoms with Gasteiger partial charge in [-0.25, -0.2) is 9.97 Å². The highest BCUT2D eigenvalue weighted by atomic mass is 35.5. The molecule has 3 aromatic rings. The molecule has 0 atom stereocenters. The van der Waals surface area contributed by atoms with Crippen molar-refractivity contribution in [3.05, 3.63) is 77.2 Å². The van der Waals surface area contributed by atoms with Gasteiger partial charge < -0.3 is 15.4 Å². The Kier molecular flexibility index (Phi) is 5.66. The molecule has 0 unspecified atom stereocenters. The third-order valence-electron chi connectivity index (χ3n) is 3.64. The van der Waals surface area contributed by atoms with E-state index in [1.807, 2.05) is 36.4 Å². The lowest BCUT2D eigenvalue weighted by Crippen LogP contribution is -2.15. The molecule has 0 fully saturated rings. The number of nitrogens with one attached hydrogen (secondary N) is 2. The SMILES string of the molecule is COc1ccccc1NC(=O)c1cc(NCc2ccc(Cl)cc2)ncn1. The second-order valence-electron chi connectivity index (χ2n) is 5.42. The Morgan fingerprint density at radius 3 is 2.65 bits per heavy atom. The summed E-state index contributed by atoms with van der Waals surface area (Å²) in [5, 5.41) is 6.64. The zero-order valence-corrected chi connectivity index (χ0v) is 14.8. The number of nitrogens with zero attached hydrogens (tertiary/aromatic N) is 2. The van der Waals surface area contributed by atoms with Crippen molar-refractivity contribution in [3.63, 3.8) is 0 Å². The van der Waals surface area contributed by atoms with Gasteiger partial charge in [-0.2, -0.15) is 0 Å². The lowest BCUT2D eigenvalue weighted by molar-refractivity contribution is 0.102. The van der Waals surface area contributed by atoms with Gasteiger partial charge in [-0.05, 0) is 29.8 Å². The van der Waals surface area contributed by atoms with Crippen LogP contribution in [0.2, 0.25) is 5.02 Å². The van der Waals surface area contributed by atoms with Gasteiger partial charge in [-0.15, -0.1) is 0 Å². The molecule has 2 N–H and O–H groups in total. The van der Waals surface area contributed by atoms with Crippen LogP contribution in [-0.2, 0) is 6.54 Å². The smallest absolute Gasteiger partial charge is 0.274 e. The lowest BCUT2D eigenvalue weighted by Gasteiger charge is -2.10. The molecule has 6 nitrogen and oxygen atoms in total. The Morgan fingerprint density at radius 2 is 1.88 bits per heavy atom. The van der Waals surface area contributed by atoms with E-state index in [1.54, 1.807) is 25.3 Å². The molecule has 0 aliphatic heterocycles. The summed E-state index contributed by atoms with van der Waals surface area (Å²) < 4.78 is 5.23. The third-order valence-corrected chi connectivity index (χ3v) is 3.89. The summed E-state index contributed by atoms with van der Waals surface area (Å²) in [5.74, 6) is 0.794. The third kappa shape index (κ3) is 4.49. The van der Waals surface area contributed by atoms with Crippen molar-refractivity contribution in [1.29, 1.82) is 0 Å². The quantitative estimate of drug-likeness (QED) is 0.687. The van der Waals surface area contributed by atoms with Gasteiger partial charge in [-0.3, -0.25) is 4.79 Å². The van der Waals surface area contributed by atoms with Crippen molar-refractivity contribution in [1.82, 2.24) is 9.97 Å². The maximum atomic E-state index is 12.4. The predicted molar refractivity (Wildman–Crippen MR) is 102 cm³/mol. The summed E-state index contributed by atoms with van der Waals surface area (Å²) >= 11 is 5.88. The van der Waals surface area contributed by atoms with Crippen molar-refractivity contribution in [2.45, 2.75) is 6.54 Å². The Hall–Kier alpha value is -3.12. The van der Waals surface area contributed by atoms with Gasteiger partial charge in [0.05, 0.1) is 12.8 Å². The molecule has 1 heterocycles. The number of ether oxygens (including phenoxy) is 1. The van der Waals surface area contributed by atoms with E-state index in [4.69, 9.17) is 16.3 Å². The van der Waals surface area contributed by atoms with Crippen LogP contribution in [0.4, 0.5) is 11.5 Å². The molecule has 0 aliphatic carbocycles. The number of amides is 1. The standard InChI is InChI=1S/C19H17ClN4O2/c1-26-17-5-3-2-4-15(17)24-19(25)16-10-18(23-12-22-16)21-11-13-6-8-14(20)9-7-13/h2-10,12H,11H2,1H3,(H,24,25)(H,21,22,23). The lowest BCUT2D eigenvalue weighted by atomic mass is 10.2. The number of hydrogen-bond donors (Lipinski definition) is 2. The average Bonchev–Trinajstić information content (AvgIpc) is 2.68. The molecule has 0 spiro atoms. The number of methoxy groups -OCH3 is 1. The Bertz CT molecular complexity index is 900. The van der Waals surface area contributed by atoms with Gasteiger partial charge >= 0.3 is 0 Å². The molecule has 26 heavy (non-hydrogen) atoms. The van der Waals surface area contributed by atoms with Gasteiger partial charge in [0.25, 0.3) is 5.91 Å². The number of para-hydroxylation sites is 2. The van der Waals surface area contributed by atoms with Crippen LogP contribution >= 0.6 is 11.6 Å². The maximum absolute atomic E-state index is 12.4. The maximum Gasteiger partial charge on any atom is 0.274 e. The summed E-state index contributed by atoms with van der Waals surface area (Å²) in [4.78, 5) is 20.6. The Labute approximate surface area is 156 Å². The number of carbonyl (C=O) groups excluding carboxylic acids is 1. The largest absolute Gasteiger partial charge is 0.495 e.